The predicted molar refractivity (Wildman–Crippen MR) is 92.7 cm³/mol. The van der Waals surface area contributed by atoms with Crippen molar-refractivity contribution in [2.75, 3.05) is 18.6 Å². The minimum Gasteiger partial charge on any atom is -0.469 e. The maximum absolute atomic E-state index is 14.1. The van der Waals surface area contributed by atoms with Crippen LogP contribution in [0.2, 0.25) is 0 Å². The summed E-state index contributed by atoms with van der Waals surface area (Å²) < 4.78 is 24.0. The third-order valence-corrected chi connectivity index (χ3v) is 3.51. The molecular formula is C17H23FN2O6. The monoisotopic (exact) mass is 370 g/mol. The number of ether oxygens (including phenoxy) is 2. The van der Waals surface area contributed by atoms with E-state index in [9.17, 15) is 24.1 Å². The van der Waals surface area contributed by atoms with Gasteiger partial charge in [0.05, 0.1) is 18.0 Å². The Morgan fingerprint density at radius 3 is 2.35 bits per heavy atom. The second-order valence-corrected chi connectivity index (χ2v) is 6.59. The van der Waals surface area contributed by atoms with Crippen LogP contribution in [0.4, 0.5) is 20.6 Å². The lowest BCUT2D eigenvalue weighted by atomic mass is 9.97. The fourth-order valence-corrected chi connectivity index (χ4v) is 2.36. The topological polar surface area (TPSA) is 99.0 Å². The van der Waals surface area contributed by atoms with E-state index in [0.717, 1.165) is 24.1 Å². The molecule has 0 aliphatic heterocycles. The van der Waals surface area contributed by atoms with Crippen molar-refractivity contribution in [3.05, 3.63) is 33.6 Å². The zero-order valence-corrected chi connectivity index (χ0v) is 15.7. The molecular weight excluding hydrogens is 347 g/mol. The summed E-state index contributed by atoms with van der Waals surface area (Å²) in [6, 6.07) is 1.77. The number of halogens is 1. The maximum atomic E-state index is 14.1. The Morgan fingerprint density at radius 2 is 1.92 bits per heavy atom. The van der Waals surface area contributed by atoms with Crippen LogP contribution in [0.3, 0.4) is 0 Å². The summed E-state index contributed by atoms with van der Waals surface area (Å²) in [7, 11) is 1.13. The first-order valence-electron chi connectivity index (χ1n) is 7.99. The Balaban J connectivity index is 3.59. The lowest BCUT2D eigenvalue weighted by Gasteiger charge is -2.27. The van der Waals surface area contributed by atoms with E-state index in [1.165, 1.54) is 6.92 Å². The largest absolute Gasteiger partial charge is 0.469 e. The molecule has 1 amide bonds. The van der Waals surface area contributed by atoms with Crippen molar-refractivity contribution in [1.29, 1.82) is 0 Å². The minimum atomic E-state index is -1.09. The quantitative estimate of drug-likeness (QED) is 0.444. The molecule has 8 nitrogen and oxygen atoms in total. The summed E-state index contributed by atoms with van der Waals surface area (Å²) in [5, 5.41) is 11.6. The second kappa shape index (κ2) is 8.11. The van der Waals surface area contributed by atoms with Crippen LogP contribution in [-0.4, -0.2) is 36.2 Å². The normalized spacial score (nSPS) is 12.3. The van der Waals surface area contributed by atoms with Gasteiger partial charge in [-0.25, -0.2) is 9.18 Å². The molecule has 0 spiro atoms. The SMILES string of the molecule is CCN(C(=O)OC(C)(C)C)c1cc(F)cc(C(C)C(=O)OC)c1[N+](=O)[O-]. The number of hydrogen-bond donors (Lipinski definition) is 0. The molecule has 1 unspecified atom stereocenters. The maximum Gasteiger partial charge on any atom is 0.415 e. The van der Waals surface area contributed by atoms with Gasteiger partial charge < -0.3 is 9.47 Å². The van der Waals surface area contributed by atoms with Gasteiger partial charge in [0, 0.05) is 18.2 Å². The number of carbonyl (C=O) groups excluding carboxylic acids is 2. The third-order valence-electron chi connectivity index (χ3n) is 3.51. The van der Waals surface area contributed by atoms with Gasteiger partial charge in [0.2, 0.25) is 0 Å². The number of nitrogens with zero attached hydrogens (tertiary/aromatic N) is 2. The van der Waals surface area contributed by atoms with Crippen LogP contribution in [0.5, 0.6) is 0 Å². The van der Waals surface area contributed by atoms with Crippen LogP contribution in [0.15, 0.2) is 12.1 Å². The van der Waals surface area contributed by atoms with Crippen LogP contribution in [0.1, 0.15) is 46.1 Å². The average molecular weight is 370 g/mol. The van der Waals surface area contributed by atoms with Gasteiger partial charge in [-0.2, -0.15) is 0 Å². The molecule has 0 fully saturated rings. The zero-order valence-electron chi connectivity index (χ0n) is 15.7. The smallest absolute Gasteiger partial charge is 0.415 e. The van der Waals surface area contributed by atoms with Gasteiger partial charge in [-0.05, 0) is 40.7 Å². The molecule has 0 bridgehead atoms. The second-order valence-electron chi connectivity index (χ2n) is 6.59. The van der Waals surface area contributed by atoms with E-state index >= 15 is 0 Å². The highest BCUT2D eigenvalue weighted by atomic mass is 19.1. The summed E-state index contributed by atoms with van der Waals surface area (Å²) >= 11 is 0. The third kappa shape index (κ3) is 4.90. The van der Waals surface area contributed by atoms with Crippen molar-refractivity contribution in [1.82, 2.24) is 0 Å². The van der Waals surface area contributed by atoms with Crippen molar-refractivity contribution >= 4 is 23.4 Å². The highest BCUT2D eigenvalue weighted by molar-refractivity contribution is 5.92. The molecule has 0 heterocycles. The molecule has 0 aromatic heterocycles. The molecule has 1 aromatic carbocycles. The van der Waals surface area contributed by atoms with Crippen molar-refractivity contribution in [3.8, 4) is 0 Å². The Bertz CT molecular complexity index is 714. The fourth-order valence-electron chi connectivity index (χ4n) is 2.36. The Morgan fingerprint density at radius 1 is 1.35 bits per heavy atom. The van der Waals surface area contributed by atoms with Crippen LogP contribution in [0, 0.1) is 15.9 Å². The molecule has 1 atom stereocenters. The molecule has 26 heavy (non-hydrogen) atoms. The molecule has 144 valence electrons. The molecule has 0 saturated carbocycles. The number of nitro groups is 1. The molecule has 1 aromatic rings. The number of carbonyl (C=O) groups is 2. The number of nitro benzene ring substituents is 1. The number of esters is 1. The molecule has 9 heteroatoms. The number of anilines is 1. The van der Waals surface area contributed by atoms with E-state index in [0.29, 0.717) is 0 Å². The van der Waals surface area contributed by atoms with E-state index in [1.807, 2.05) is 0 Å². The van der Waals surface area contributed by atoms with Crippen LogP contribution >= 0.6 is 0 Å². The van der Waals surface area contributed by atoms with Crippen molar-refractivity contribution in [2.24, 2.45) is 0 Å². The lowest BCUT2D eigenvalue weighted by molar-refractivity contribution is -0.384. The van der Waals surface area contributed by atoms with Gasteiger partial charge in [-0.1, -0.05) is 0 Å². The van der Waals surface area contributed by atoms with Gasteiger partial charge >= 0.3 is 12.1 Å². The van der Waals surface area contributed by atoms with Gasteiger partial charge in [0.25, 0.3) is 5.69 Å². The summed E-state index contributed by atoms with van der Waals surface area (Å²) in [5.74, 6) is -2.67. The molecule has 0 radical (unpaired) electrons. The first-order chi connectivity index (χ1) is 11.9. The van der Waals surface area contributed by atoms with Crippen LogP contribution in [-0.2, 0) is 14.3 Å². The Kier molecular flexibility index (Phi) is 6.66. The minimum absolute atomic E-state index is 0.00521. The lowest BCUT2D eigenvalue weighted by Crippen LogP contribution is -2.37. The fraction of sp³-hybridized carbons (Fsp3) is 0.529. The van der Waals surface area contributed by atoms with Gasteiger partial charge in [-0.3, -0.25) is 19.8 Å². The van der Waals surface area contributed by atoms with Crippen molar-refractivity contribution < 1.29 is 28.4 Å². The number of rotatable bonds is 5. The summed E-state index contributed by atoms with van der Waals surface area (Å²) in [4.78, 5) is 36.1. The molecule has 0 N–H and O–H groups in total. The first kappa shape index (κ1) is 21.3. The first-order valence-corrected chi connectivity index (χ1v) is 7.99. The van der Waals surface area contributed by atoms with E-state index in [-0.39, 0.29) is 17.8 Å². The molecule has 0 saturated heterocycles. The van der Waals surface area contributed by atoms with E-state index in [1.54, 1.807) is 27.7 Å². The number of methoxy groups -OCH3 is 1. The highest BCUT2D eigenvalue weighted by Gasteiger charge is 2.34. The van der Waals surface area contributed by atoms with Crippen LogP contribution < -0.4 is 4.90 Å². The Labute approximate surface area is 151 Å². The number of amides is 1. The van der Waals surface area contributed by atoms with Gasteiger partial charge in [0.1, 0.15) is 17.1 Å². The Hall–Kier alpha value is -2.71. The van der Waals surface area contributed by atoms with Gasteiger partial charge in [-0.15, -0.1) is 0 Å². The zero-order chi connectivity index (χ0) is 20.2. The molecule has 1 rings (SSSR count). The number of hydrogen-bond acceptors (Lipinski definition) is 6. The van der Waals surface area contributed by atoms with Crippen molar-refractivity contribution in [3.63, 3.8) is 0 Å². The van der Waals surface area contributed by atoms with E-state index < -0.39 is 40.0 Å². The van der Waals surface area contributed by atoms with E-state index in [2.05, 4.69) is 4.74 Å². The highest BCUT2D eigenvalue weighted by Crippen LogP contribution is 2.38. The summed E-state index contributed by atoms with van der Waals surface area (Å²) in [6.07, 6.45) is -0.856. The molecule has 0 aliphatic carbocycles. The summed E-state index contributed by atoms with van der Waals surface area (Å²) in [5.41, 5.74) is -1.84. The number of benzene rings is 1. The predicted octanol–water partition coefficient (Wildman–Crippen LogP) is 3.77. The van der Waals surface area contributed by atoms with Gasteiger partial charge in [0.15, 0.2) is 0 Å². The van der Waals surface area contributed by atoms with Crippen LogP contribution in [0.25, 0.3) is 0 Å². The summed E-state index contributed by atoms with van der Waals surface area (Å²) in [6.45, 7) is 7.87. The average Bonchev–Trinajstić information content (AvgIpc) is 2.51. The standard InChI is InChI=1S/C17H23FN2O6/c1-7-19(16(22)26-17(3,4)5)13-9-11(18)8-12(14(13)20(23)24)10(2)15(21)25-6/h8-10H,7H2,1-6H3. The van der Waals surface area contributed by atoms with Crippen molar-refractivity contribution in [2.45, 2.75) is 46.1 Å². The molecule has 0 aliphatic rings. The van der Waals surface area contributed by atoms with E-state index in [4.69, 9.17) is 4.74 Å².